The van der Waals surface area contributed by atoms with Crippen molar-refractivity contribution in [3.05, 3.63) is 24.2 Å². The number of methoxy groups -OCH3 is 1. The quantitative estimate of drug-likeness (QED) is 0.349. The second kappa shape index (κ2) is 8.96. The third-order valence-electron chi connectivity index (χ3n) is 13.2. The van der Waals surface area contributed by atoms with Crippen LogP contribution in [-0.2, 0) is 44.5 Å². The zero-order valence-electron chi connectivity index (χ0n) is 27.1. The van der Waals surface area contributed by atoms with Crippen molar-refractivity contribution in [1.29, 1.82) is 0 Å². The number of fused-ring (bicyclic) bond motifs is 2. The highest BCUT2D eigenvalue weighted by molar-refractivity contribution is 6.01. The van der Waals surface area contributed by atoms with Gasteiger partial charge in [-0.1, -0.05) is 48.0 Å². The van der Waals surface area contributed by atoms with E-state index in [4.69, 9.17) is 28.1 Å². The summed E-state index contributed by atoms with van der Waals surface area (Å²) in [4.78, 5) is 41.5. The van der Waals surface area contributed by atoms with Gasteiger partial charge >= 0.3 is 11.9 Å². The number of carbonyl (C=O) groups excluding carboxylic acids is 3. The second-order valence-corrected chi connectivity index (χ2v) is 15.8. The standard InChI is InChI=1S/C34H46O10/c1-9-28(4)17-32(38)26-30(6,20(28)14-21(35)39-8)33-12-11-29(5,15-19-10-13-40-16-19)24-22(23(36)18(2)3)25(37)41-27(32)34(24,33)44-31(7,42-26)43-33/h10,13,16,18,20,22,24,26-27,38H,9,11-12,14-15,17H2,1-8H3. The summed E-state index contributed by atoms with van der Waals surface area (Å²) in [5.74, 6) is -5.43. The Bertz CT molecular complexity index is 1410. The van der Waals surface area contributed by atoms with Crippen LogP contribution in [0, 0.1) is 39.9 Å². The van der Waals surface area contributed by atoms with Crippen molar-refractivity contribution >= 4 is 17.7 Å². The van der Waals surface area contributed by atoms with Crippen LogP contribution in [0.1, 0.15) is 86.1 Å². The molecule has 3 saturated carbocycles. The smallest absolute Gasteiger partial charge is 0.317 e. The molecule has 12 unspecified atom stereocenters. The fraction of sp³-hybridized carbons (Fsp3) is 0.794. The van der Waals surface area contributed by atoms with Gasteiger partial charge in [-0.3, -0.25) is 14.4 Å². The van der Waals surface area contributed by atoms with Gasteiger partial charge in [-0.25, -0.2) is 0 Å². The number of ether oxygens (including phenoxy) is 5. The van der Waals surface area contributed by atoms with Gasteiger partial charge in [-0.2, -0.15) is 0 Å². The lowest BCUT2D eigenvalue weighted by molar-refractivity contribution is -0.461. The molecule has 4 heterocycles. The molecule has 10 nitrogen and oxygen atoms in total. The zero-order chi connectivity index (χ0) is 31.9. The molecule has 6 fully saturated rings. The third-order valence-corrected chi connectivity index (χ3v) is 13.2. The van der Waals surface area contributed by atoms with E-state index >= 15 is 0 Å². The van der Waals surface area contributed by atoms with Gasteiger partial charge in [0.05, 0.1) is 19.6 Å². The van der Waals surface area contributed by atoms with Crippen molar-refractivity contribution in [2.75, 3.05) is 7.11 Å². The van der Waals surface area contributed by atoms with Crippen molar-refractivity contribution in [3.63, 3.8) is 0 Å². The predicted molar refractivity (Wildman–Crippen MR) is 154 cm³/mol. The molecule has 0 aromatic carbocycles. The van der Waals surface area contributed by atoms with Crippen molar-refractivity contribution in [2.45, 2.75) is 122 Å². The molecule has 1 N–H and O–H groups in total. The minimum Gasteiger partial charge on any atom is -0.472 e. The summed E-state index contributed by atoms with van der Waals surface area (Å²) < 4.78 is 38.0. The molecular formula is C34H46O10. The summed E-state index contributed by atoms with van der Waals surface area (Å²) in [6, 6.07) is 1.90. The number of hydrogen-bond donors (Lipinski definition) is 1. The maximum atomic E-state index is 14.3. The SMILES string of the molecule is CCC1(C)CC2(O)C3OC4(C)OC56C(C(C(=O)C(C)C)C(=O)OC25)C(C)(Cc2ccoc2)CCC6(O4)C3(C)C1CC(=O)OC. The van der Waals surface area contributed by atoms with Gasteiger partial charge in [0, 0.05) is 30.6 Å². The number of furan rings is 1. The molecule has 0 amide bonds. The molecule has 5 bridgehead atoms. The Hall–Kier alpha value is -2.27. The second-order valence-electron chi connectivity index (χ2n) is 15.8. The molecule has 10 heteroatoms. The maximum absolute atomic E-state index is 14.3. The molecule has 3 aliphatic heterocycles. The fourth-order valence-electron chi connectivity index (χ4n) is 11.5. The van der Waals surface area contributed by atoms with Gasteiger partial charge in [-0.05, 0) is 54.1 Å². The molecule has 3 aliphatic carbocycles. The normalized spacial score (nSPS) is 51.6. The van der Waals surface area contributed by atoms with Crippen LogP contribution in [0.4, 0.5) is 0 Å². The Morgan fingerprint density at radius 2 is 1.82 bits per heavy atom. The number of rotatable bonds is 7. The molecule has 2 spiro atoms. The van der Waals surface area contributed by atoms with Crippen molar-refractivity contribution < 1.29 is 47.6 Å². The predicted octanol–water partition coefficient (Wildman–Crippen LogP) is 4.35. The van der Waals surface area contributed by atoms with E-state index in [1.54, 1.807) is 33.3 Å². The maximum Gasteiger partial charge on any atom is 0.317 e. The Labute approximate surface area is 258 Å². The number of Topliss-reactive ketones (excluding diaryl/α,β-unsaturated/α-hetero) is 1. The van der Waals surface area contributed by atoms with Crippen LogP contribution in [-0.4, -0.2) is 64.9 Å². The lowest BCUT2D eigenvalue weighted by atomic mass is 9.31. The number of carbonyl (C=O) groups is 3. The first-order valence-electron chi connectivity index (χ1n) is 16.1. The highest BCUT2D eigenvalue weighted by atomic mass is 16.9. The summed E-state index contributed by atoms with van der Waals surface area (Å²) in [7, 11) is 1.39. The average Bonchev–Trinajstić information content (AvgIpc) is 3.53. The minimum atomic E-state index is -1.68. The highest BCUT2D eigenvalue weighted by Crippen LogP contribution is 2.82. The van der Waals surface area contributed by atoms with Gasteiger partial charge < -0.3 is 33.2 Å². The van der Waals surface area contributed by atoms with Crippen molar-refractivity contribution in [2.24, 2.45) is 39.9 Å². The van der Waals surface area contributed by atoms with Crippen LogP contribution in [0.15, 0.2) is 23.0 Å². The lowest BCUT2D eigenvalue weighted by Gasteiger charge is -2.78. The average molecular weight is 615 g/mol. The summed E-state index contributed by atoms with van der Waals surface area (Å²) in [5, 5.41) is 13.1. The van der Waals surface area contributed by atoms with Crippen LogP contribution in [0.5, 0.6) is 0 Å². The Balaban J connectivity index is 1.54. The van der Waals surface area contributed by atoms with Gasteiger partial charge in [0.2, 0.25) is 0 Å². The number of hydrogen-bond acceptors (Lipinski definition) is 10. The molecule has 1 aromatic heterocycles. The van der Waals surface area contributed by atoms with Gasteiger partial charge in [0.15, 0.2) is 6.10 Å². The van der Waals surface area contributed by atoms with Crippen LogP contribution in [0.25, 0.3) is 0 Å². The summed E-state index contributed by atoms with van der Waals surface area (Å²) >= 11 is 0. The van der Waals surface area contributed by atoms with Crippen LogP contribution < -0.4 is 0 Å². The first kappa shape index (κ1) is 30.4. The van der Waals surface area contributed by atoms with Crippen molar-refractivity contribution in [3.8, 4) is 0 Å². The zero-order valence-corrected chi connectivity index (χ0v) is 27.1. The molecule has 0 radical (unpaired) electrons. The Morgan fingerprint density at radius 1 is 1.09 bits per heavy atom. The minimum absolute atomic E-state index is 0.0982. The number of aliphatic hydroxyl groups is 1. The van der Waals surface area contributed by atoms with E-state index in [2.05, 4.69) is 27.7 Å². The van der Waals surface area contributed by atoms with Crippen molar-refractivity contribution in [1.82, 2.24) is 0 Å². The molecule has 3 saturated heterocycles. The van der Waals surface area contributed by atoms with E-state index in [0.717, 1.165) is 5.56 Å². The molecular weight excluding hydrogens is 568 g/mol. The van der Waals surface area contributed by atoms with Gasteiger partial charge in [0.1, 0.15) is 34.6 Å². The molecule has 6 aliphatic rings. The summed E-state index contributed by atoms with van der Waals surface area (Å²) in [6.07, 6.45) is 3.86. The largest absolute Gasteiger partial charge is 0.472 e. The summed E-state index contributed by atoms with van der Waals surface area (Å²) in [5.41, 5.74) is -5.53. The lowest BCUT2D eigenvalue weighted by Crippen LogP contribution is -2.92. The van der Waals surface area contributed by atoms with Crippen LogP contribution >= 0.6 is 0 Å². The van der Waals surface area contributed by atoms with Crippen LogP contribution in [0.2, 0.25) is 0 Å². The first-order chi connectivity index (χ1) is 20.5. The fourth-order valence-corrected chi connectivity index (χ4v) is 11.5. The van der Waals surface area contributed by atoms with E-state index in [0.29, 0.717) is 25.7 Å². The van der Waals surface area contributed by atoms with E-state index in [-0.39, 0.29) is 30.5 Å². The highest BCUT2D eigenvalue weighted by Gasteiger charge is 2.95. The molecule has 44 heavy (non-hydrogen) atoms. The molecule has 1 aromatic rings. The van der Waals surface area contributed by atoms with Crippen LogP contribution in [0.3, 0.4) is 0 Å². The summed E-state index contributed by atoms with van der Waals surface area (Å²) in [6.45, 7) is 13.6. The monoisotopic (exact) mass is 614 g/mol. The van der Waals surface area contributed by atoms with Gasteiger partial charge in [-0.15, -0.1) is 0 Å². The van der Waals surface area contributed by atoms with E-state index in [1.165, 1.54) is 7.11 Å². The molecule has 7 rings (SSSR count). The van der Waals surface area contributed by atoms with E-state index in [9.17, 15) is 19.5 Å². The number of ketones is 1. The topological polar surface area (TPSA) is 131 Å². The van der Waals surface area contributed by atoms with E-state index < -0.39 is 75.0 Å². The number of esters is 2. The van der Waals surface area contributed by atoms with E-state index in [1.807, 2.05) is 6.07 Å². The first-order valence-corrected chi connectivity index (χ1v) is 16.1. The molecule has 242 valence electrons. The van der Waals surface area contributed by atoms with Gasteiger partial charge in [0.25, 0.3) is 5.97 Å². The Morgan fingerprint density at radius 3 is 2.43 bits per heavy atom. The molecule has 12 atom stereocenters. The Kier molecular flexibility index (Phi) is 6.18. The third kappa shape index (κ3) is 3.28.